The molecule has 0 aliphatic rings. The van der Waals surface area contributed by atoms with E-state index in [1.807, 2.05) is 58.9 Å². The Labute approximate surface area is 144 Å². The van der Waals surface area contributed by atoms with Gasteiger partial charge in [0.25, 0.3) is 0 Å². The van der Waals surface area contributed by atoms with E-state index in [9.17, 15) is 0 Å². The maximum Gasteiger partial charge on any atom is 0.179 e. The summed E-state index contributed by atoms with van der Waals surface area (Å²) in [6.45, 7) is 20.4. The normalized spacial score (nSPS) is 10.8. The minimum atomic E-state index is -1.61. The van der Waals surface area contributed by atoms with Crippen LogP contribution in [0, 0.1) is 0 Å². The molecule has 0 amide bonds. The first kappa shape index (κ1) is 33.0. The van der Waals surface area contributed by atoms with E-state index < -0.39 is 25.0 Å². The summed E-state index contributed by atoms with van der Waals surface area (Å²) in [5.74, 6) is 0. The van der Waals surface area contributed by atoms with Gasteiger partial charge >= 0.3 is 0 Å². The van der Waals surface area contributed by atoms with Crippen molar-refractivity contribution in [2.45, 2.75) is 78.9 Å². The molecule has 4 N–H and O–H groups in total. The number of hydrogen-bond donors (Lipinski definition) is 4. The molecule has 0 rings (SSSR count). The molecule has 0 fully saturated rings. The van der Waals surface area contributed by atoms with Crippen LogP contribution in [0.4, 0.5) is 0 Å². The van der Waals surface area contributed by atoms with E-state index in [0.717, 1.165) is 0 Å². The van der Waals surface area contributed by atoms with Crippen LogP contribution in [0.25, 0.3) is 0 Å². The van der Waals surface area contributed by atoms with Crippen molar-refractivity contribution in [3.05, 3.63) is 0 Å². The van der Waals surface area contributed by atoms with Crippen molar-refractivity contribution >= 4 is 25.0 Å². The van der Waals surface area contributed by atoms with E-state index in [1.165, 1.54) is 0 Å². The maximum absolute atomic E-state index is 8.66. The SMILES string of the molecule is CC(C)O.C[Si](C)(C)O.C[Si](C)(C)O.C[Si](C)(C)O.[Ti]. The van der Waals surface area contributed by atoms with Crippen LogP contribution in [0.2, 0.25) is 58.9 Å². The van der Waals surface area contributed by atoms with Gasteiger partial charge < -0.3 is 19.5 Å². The molecule has 0 aliphatic carbocycles. The summed E-state index contributed by atoms with van der Waals surface area (Å²) in [7, 11) is -4.83. The molecule has 0 saturated carbocycles. The second-order valence-corrected chi connectivity index (χ2v) is 20.6. The van der Waals surface area contributed by atoms with Crippen LogP contribution in [0.15, 0.2) is 0 Å². The van der Waals surface area contributed by atoms with Gasteiger partial charge in [-0.1, -0.05) is 0 Å². The summed E-state index contributed by atoms with van der Waals surface area (Å²) >= 11 is 0. The number of hydrogen-bond acceptors (Lipinski definition) is 4. The van der Waals surface area contributed by atoms with Crippen LogP contribution in [-0.4, -0.2) is 50.5 Å². The Kier molecular flexibility index (Phi) is 24.9. The van der Waals surface area contributed by atoms with Gasteiger partial charge in [-0.05, 0) is 72.8 Å². The van der Waals surface area contributed by atoms with Gasteiger partial charge in [0.1, 0.15) is 0 Å². The molecule has 0 spiro atoms. The van der Waals surface area contributed by atoms with Crippen LogP contribution >= 0.6 is 0 Å². The molecule has 0 heterocycles. The maximum atomic E-state index is 8.66. The Bertz CT molecular complexity index is 135. The van der Waals surface area contributed by atoms with E-state index in [2.05, 4.69) is 0 Å². The first-order valence-corrected chi connectivity index (χ1v) is 16.9. The molecule has 0 radical (unpaired) electrons. The van der Waals surface area contributed by atoms with Crippen molar-refractivity contribution in [3.63, 3.8) is 0 Å². The molecule has 0 unspecified atom stereocenters. The molecule has 0 aromatic rings. The molecule has 0 aliphatic heterocycles. The predicted octanol–water partition coefficient (Wildman–Crippen LogP) is 2.83. The van der Waals surface area contributed by atoms with Crippen LogP contribution < -0.4 is 0 Å². The van der Waals surface area contributed by atoms with Gasteiger partial charge in [0.2, 0.25) is 0 Å². The molecule has 8 heteroatoms. The quantitative estimate of drug-likeness (QED) is 0.489. The van der Waals surface area contributed by atoms with Crippen LogP contribution in [-0.2, 0) is 21.7 Å². The van der Waals surface area contributed by atoms with Crippen molar-refractivity contribution < 1.29 is 41.2 Å². The second-order valence-electron chi connectivity index (χ2n) is 7.61. The van der Waals surface area contributed by atoms with Crippen molar-refractivity contribution in [1.29, 1.82) is 0 Å². The Hall–Kier alpha value is 1.20. The third kappa shape index (κ3) is 4380. The molecule has 0 saturated heterocycles. The van der Waals surface area contributed by atoms with E-state index in [1.54, 1.807) is 13.8 Å². The zero-order valence-electron chi connectivity index (χ0n) is 15.4. The number of rotatable bonds is 0. The van der Waals surface area contributed by atoms with Crippen LogP contribution in [0.1, 0.15) is 13.8 Å². The molecular weight excluding hydrogens is 340 g/mol. The van der Waals surface area contributed by atoms with Gasteiger partial charge in [0.15, 0.2) is 25.0 Å². The monoisotopic (exact) mass is 378 g/mol. The fourth-order valence-electron chi connectivity index (χ4n) is 0. The van der Waals surface area contributed by atoms with E-state index in [4.69, 9.17) is 19.5 Å². The zero-order valence-corrected chi connectivity index (χ0v) is 19.9. The predicted molar refractivity (Wildman–Crippen MR) is 94.0 cm³/mol. The third-order valence-electron chi connectivity index (χ3n) is 0. The van der Waals surface area contributed by atoms with Crippen molar-refractivity contribution in [3.8, 4) is 0 Å². The number of aliphatic hydroxyl groups excluding tert-OH is 1. The summed E-state index contributed by atoms with van der Waals surface area (Å²) in [5.41, 5.74) is 0. The summed E-state index contributed by atoms with van der Waals surface area (Å²) in [5, 5.41) is 8.06. The Morgan fingerprint density at radius 1 is 0.550 bits per heavy atom. The topological polar surface area (TPSA) is 80.9 Å². The van der Waals surface area contributed by atoms with Gasteiger partial charge in [0.05, 0.1) is 0 Å². The average Bonchev–Trinajstić information content (AvgIpc) is 1.66. The standard InChI is InChI=1S/3C3H10OSi.C3H8O.Ti/c3*1-5(2,3)4;1-3(2)4;/h3*4H,1-3H3;3-4H,1-2H3;. The first-order valence-electron chi connectivity index (χ1n) is 6.58. The molecule has 0 aromatic carbocycles. The summed E-state index contributed by atoms with van der Waals surface area (Å²) in [4.78, 5) is 26.0. The minimum absolute atomic E-state index is 0. The average molecular weight is 379 g/mol. The minimum Gasteiger partial charge on any atom is -0.433 e. The van der Waals surface area contributed by atoms with Gasteiger partial charge in [-0.3, -0.25) is 0 Å². The molecule has 4 nitrogen and oxygen atoms in total. The first-order chi connectivity index (χ1) is 7.73. The third-order valence-corrected chi connectivity index (χ3v) is 0. The molecule has 20 heavy (non-hydrogen) atoms. The van der Waals surface area contributed by atoms with E-state index >= 15 is 0 Å². The number of aliphatic hydroxyl groups is 1. The molecular formula is C12H38O4Si3Ti. The summed E-state index contributed by atoms with van der Waals surface area (Å²) in [6.07, 6.45) is -0.167. The molecule has 0 atom stereocenters. The van der Waals surface area contributed by atoms with Crippen molar-refractivity contribution in [2.24, 2.45) is 0 Å². The molecule has 126 valence electrons. The Balaban J connectivity index is -0.0000000494. The van der Waals surface area contributed by atoms with Crippen molar-refractivity contribution in [1.82, 2.24) is 0 Å². The zero-order chi connectivity index (χ0) is 17.1. The molecule has 0 bridgehead atoms. The van der Waals surface area contributed by atoms with E-state index in [-0.39, 0.29) is 27.8 Å². The summed E-state index contributed by atoms with van der Waals surface area (Å²) in [6, 6.07) is 0. The smallest absolute Gasteiger partial charge is 0.179 e. The second kappa shape index (κ2) is 15.1. The van der Waals surface area contributed by atoms with Crippen LogP contribution in [0.3, 0.4) is 0 Å². The summed E-state index contributed by atoms with van der Waals surface area (Å²) < 4.78 is 0. The fourth-order valence-corrected chi connectivity index (χ4v) is 0. The van der Waals surface area contributed by atoms with Gasteiger partial charge in [0, 0.05) is 27.8 Å². The molecule has 0 aromatic heterocycles. The van der Waals surface area contributed by atoms with Gasteiger partial charge in [-0.2, -0.15) is 0 Å². The van der Waals surface area contributed by atoms with Gasteiger partial charge in [-0.15, -0.1) is 0 Å². The fraction of sp³-hybridized carbons (Fsp3) is 1.00. The van der Waals surface area contributed by atoms with Crippen LogP contribution in [0.5, 0.6) is 0 Å². The Morgan fingerprint density at radius 3 is 0.550 bits per heavy atom. The van der Waals surface area contributed by atoms with Gasteiger partial charge in [-0.25, -0.2) is 0 Å². The Morgan fingerprint density at radius 2 is 0.550 bits per heavy atom. The largest absolute Gasteiger partial charge is 0.433 e. The van der Waals surface area contributed by atoms with E-state index in [0.29, 0.717) is 0 Å². The van der Waals surface area contributed by atoms with Crippen molar-refractivity contribution in [2.75, 3.05) is 0 Å².